The second-order valence-corrected chi connectivity index (χ2v) is 9.70. The van der Waals surface area contributed by atoms with Crippen molar-refractivity contribution in [3.8, 4) is 5.75 Å². The summed E-state index contributed by atoms with van der Waals surface area (Å²) >= 11 is 2.80. The first-order chi connectivity index (χ1) is 16.0. The zero-order chi connectivity index (χ0) is 23.6. The summed E-state index contributed by atoms with van der Waals surface area (Å²) in [4.78, 5) is 25.1. The van der Waals surface area contributed by atoms with Crippen LogP contribution in [0, 0.1) is 0 Å². The van der Waals surface area contributed by atoms with Crippen molar-refractivity contribution in [2.24, 2.45) is 0 Å². The van der Waals surface area contributed by atoms with E-state index >= 15 is 0 Å². The smallest absolute Gasteiger partial charge is 0.255 e. The van der Waals surface area contributed by atoms with Crippen LogP contribution in [-0.2, 0) is 4.79 Å². The Morgan fingerprint density at radius 1 is 1.09 bits per heavy atom. The van der Waals surface area contributed by atoms with Gasteiger partial charge in [-0.25, -0.2) is 0 Å². The van der Waals surface area contributed by atoms with E-state index in [1.54, 1.807) is 43.5 Å². The first kappa shape index (κ1) is 24.5. The maximum absolute atomic E-state index is 12.6. The van der Waals surface area contributed by atoms with Crippen LogP contribution in [0.1, 0.15) is 37.0 Å². The summed E-state index contributed by atoms with van der Waals surface area (Å²) in [5.74, 6) is 0.170. The third kappa shape index (κ3) is 7.19. The van der Waals surface area contributed by atoms with Crippen LogP contribution in [0.2, 0.25) is 0 Å². The van der Waals surface area contributed by atoms with Crippen LogP contribution in [0.15, 0.2) is 52.9 Å². The second-order valence-electron chi connectivity index (χ2n) is 7.13. The molecule has 0 fully saturated rings. The van der Waals surface area contributed by atoms with E-state index in [1.165, 1.54) is 23.1 Å². The third-order valence-electron chi connectivity index (χ3n) is 4.63. The van der Waals surface area contributed by atoms with Crippen molar-refractivity contribution in [1.82, 2.24) is 10.2 Å². The minimum Gasteiger partial charge on any atom is -0.495 e. The van der Waals surface area contributed by atoms with Crippen molar-refractivity contribution >= 4 is 51.4 Å². The number of hydrogen-bond donors (Lipinski definition) is 3. The van der Waals surface area contributed by atoms with Crippen molar-refractivity contribution in [2.45, 2.75) is 36.3 Å². The summed E-state index contributed by atoms with van der Waals surface area (Å²) < 4.78 is 5.99. The molecule has 1 heterocycles. The number of aromatic nitrogens is 2. The van der Waals surface area contributed by atoms with E-state index in [0.29, 0.717) is 22.7 Å². The largest absolute Gasteiger partial charge is 0.495 e. The van der Waals surface area contributed by atoms with Gasteiger partial charge in [-0.3, -0.25) is 9.59 Å². The van der Waals surface area contributed by atoms with Crippen LogP contribution in [-0.4, -0.2) is 40.9 Å². The predicted octanol–water partition coefficient (Wildman–Crippen LogP) is 5.13. The highest BCUT2D eigenvalue weighted by Crippen LogP contribution is 2.29. The topological polar surface area (TPSA) is 105 Å². The van der Waals surface area contributed by atoms with Crippen molar-refractivity contribution in [2.75, 3.05) is 29.6 Å². The van der Waals surface area contributed by atoms with E-state index in [2.05, 4.69) is 33.1 Å². The fraction of sp³-hybridized carbons (Fsp3) is 0.304. The Bertz CT molecular complexity index is 1070. The molecular formula is C23H27N5O3S2. The maximum Gasteiger partial charge on any atom is 0.255 e. The number of rotatable bonds is 11. The fourth-order valence-corrected chi connectivity index (χ4v) is 4.72. The Hall–Kier alpha value is -3.11. The molecule has 2 amide bonds. The van der Waals surface area contributed by atoms with Gasteiger partial charge in [-0.2, -0.15) is 0 Å². The molecule has 0 saturated heterocycles. The molecule has 1 aromatic heterocycles. The molecule has 0 aliphatic carbocycles. The Morgan fingerprint density at radius 3 is 2.58 bits per heavy atom. The molecule has 0 radical (unpaired) electrons. The zero-order valence-corrected chi connectivity index (χ0v) is 20.4. The molecule has 1 atom stereocenters. The number of thioether (sulfide) groups is 1. The number of nitrogens with one attached hydrogen (secondary N) is 3. The number of unbranched alkanes of at least 4 members (excludes halogenated alkanes) is 1. The summed E-state index contributed by atoms with van der Waals surface area (Å²) in [6, 6.07) is 13.9. The molecule has 0 aliphatic rings. The summed E-state index contributed by atoms with van der Waals surface area (Å²) in [5, 5.41) is 17.6. The lowest BCUT2D eigenvalue weighted by Gasteiger charge is -2.12. The van der Waals surface area contributed by atoms with E-state index in [4.69, 9.17) is 4.74 Å². The number of para-hydroxylation sites is 2. The SMILES string of the molecule is CCCCNc1nnc(SC(C)C(=O)Nc2ccc(C(=O)Nc3ccccc3OC)cc2)s1. The van der Waals surface area contributed by atoms with Gasteiger partial charge in [0.05, 0.1) is 18.0 Å². The number of methoxy groups -OCH3 is 1. The van der Waals surface area contributed by atoms with Crippen molar-refractivity contribution in [3.63, 3.8) is 0 Å². The van der Waals surface area contributed by atoms with Gasteiger partial charge in [-0.1, -0.05) is 48.6 Å². The quantitative estimate of drug-likeness (QED) is 0.255. The highest BCUT2D eigenvalue weighted by Gasteiger charge is 2.18. The molecule has 10 heteroatoms. The van der Waals surface area contributed by atoms with Gasteiger partial charge < -0.3 is 20.7 Å². The lowest BCUT2D eigenvalue weighted by Crippen LogP contribution is -2.22. The zero-order valence-electron chi connectivity index (χ0n) is 18.8. The van der Waals surface area contributed by atoms with Crippen molar-refractivity contribution in [3.05, 3.63) is 54.1 Å². The molecule has 3 rings (SSSR count). The lowest BCUT2D eigenvalue weighted by atomic mass is 10.2. The van der Waals surface area contributed by atoms with Gasteiger partial charge >= 0.3 is 0 Å². The third-order valence-corrected chi connectivity index (χ3v) is 6.69. The van der Waals surface area contributed by atoms with Gasteiger partial charge in [0.25, 0.3) is 5.91 Å². The number of ether oxygens (including phenoxy) is 1. The van der Waals surface area contributed by atoms with Crippen molar-refractivity contribution < 1.29 is 14.3 Å². The molecule has 0 aliphatic heterocycles. The number of carbonyl (C=O) groups excluding carboxylic acids is 2. The van der Waals surface area contributed by atoms with Crippen LogP contribution in [0.3, 0.4) is 0 Å². The Balaban J connectivity index is 1.52. The molecule has 1 unspecified atom stereocenters. The van der Waals surface area contributed by atoms with Crippen LogP contribution in [0.5, 0.6) is 5.75 Å². The first-order valence-corrected chi connectivity index (χ1v) is 12.3. The molecule has 3 aromatic rings. The predicted molar refractivity (Wildman–Crippen MR) is 135 cm³/mol. The Kier molecular flexibility index (Phi) is 9.08. The normalized spacial score (nSPS) is 11.5. The highest BCUT2D eigenvalue weighted by atomic mass is 32.2. The van der Waals surface area contributed by atoms with Crippen LogP contribution < -0.4 is 20.7 Å². The highest BCUT2D eigenvalue weighted by molar-refractivity contribution is 8.02. The van der Waals surface area contributed by atoms with Crippen LogP contribution in [0.25, 0.3) is 0 Å². The van der Waals surface area contributed by atoms with E-state index in [1.807, 2.05) is 19.1 Å². The molecular weight excluding hydrogens is 458 g/mol. The molecule has 174 valence electrons. The minimum atomic E-state index is -0.352. The fourth-order valence-electron chi connectivity index (χ4n) is 2.80. The van der Waals surface area contributed by atoms with Gasteiger partial charge in [0, 0.05) is 17.8 Å². The van der Waals surface area contributed by atoms with Gasteiger partial charge in [0.15, 0.2) is 4.34 Å². The monoisotopic (exact) mass is 485 g/mol. The average molecular weight is 486 g/mol. The number of carbonyl (C=O) groups is 2. The van der Waals surface area contributed by atoms with Gasteiger partial charge in [-0.05, 0) is 49.7 Å². The number of anilines is 3. The Labute approximate surface area is 201 Å². The molecule has 0 saturated carbocycles. The molecule has 2 aromatic carbocycles. The minimum absolute atomic E-state index is 0.151. The molecule has 33 heavy (non-hydrogen) atoms. The van der Waals surface area contributed by atoms with Crippen LogP contribution in [0.4, 0.5) is 16.5 Å². The summed E-state index contributed by atoms with van der Waals surface area (Å²) in [6.45, 7) is 4.81. The Morgan fingerprint density at radius 2 is 1.85 bits per heavy atom. The van der Waals surface area contributed by atoms with E-state index in [9.17, 15) is 9.59 Å². The molecule has 8 nitrogen and oxygen atoms in total. The number of nitrogens with zero attached hydrogens (tertiary/aromatic N) is 2. The van der Waals surface area contributed by atoms with Gasteiger partial charge in [0.2, 0.25) is 11.0 Å². The number of amides is 2. The molecule has 3 N–H and O–H groups in total. The van der Waals surface area contributed by atoms with Crippen LogP contribution >= 0.6 is 23.1 Å². The van der Waals surface area contributed by atoms with E-state index < -0.39 is 0 Å². The first-order valence-electron chi connectivity index (χ1n) is 10.6. The standard InChI is InChI=1S/C23H27N5O3S2/c1-4-5-14-24-22-27-28-23(33-22)32-15(2)20(29)25-17-12-10-16(11-13-17)21(30)26-18-8-6-7-9-19(18)31-3/h6-13,15H,4-5,14H2,1-3H3,(H,24,27)(H,25,29)(H,26,30). The number of hydrogen-bond acceptors (Lipinski definition) is 8. The van der Waals surface area contributed by atoms with E-state index in [0.717, 1.165) is 28.9 Å². The summed E-state index contributed by atoms with van der Waals surface area (Å²) in [5.41, 5.74) is 1.67. The molecule has 0 bridgehead atoms. The maximum atomic E-state index is 12.6. The summed E-state index contributed by atoms with van der Waals surface area (Å²) in [7, 11) is 1.55. The van der Waals surface area contributed by atoms with E-state index in [-0.39, 0.29) is 17.1 Å². The van der Waals surface area contributed by atoms with Gasteiger partial charge in [-0.15, -0.1) is 10.2 Å². The number of benzene rings is 2. The van der Waals surface area contributed by atoms with Gasteiger partial charge in [0.1, 0.15) is 5.75 Å². The summed E-state index contributed by atoms with van der Waals surface area (Å²) in [6.07, 6.45) is 2.18. The second kappa shape index (κ2) is 12.2. The average Bonchev–Trinajstić information content (AvgIpc) is 3.27. The van der Waals surface area contributed by atoms with Crippen molar-refractivity contribution in [1.29, 1.82) is 0 Å². The lowest BCUT2D eigenvalue weighted by molar-refractivity contribution is -0.115. The molecule has 0 spiro atoms.